The zero-order valence-electron chi connectivity index (χ0n) is 9.28. The van der Waals surface area contributed by atoms with Crippen LogP contribution >= 0.6 is 0 Å². The van der Waals surface area contributed by atoms with Crippen LogP contribution in [0.15, 0.2) is 11.8 Å². The monoisotopic (exact) mass is 214 g/mol. The lowest BCUT2D eigenvalue weighted by molar-refractivity contribution is -0.115. The van der Waals surface area contributed by atoms with E-state index in [1.807, 2.05) is 0 Å². The summed E-state index contributed by atoms with van der Waals surface area (Å²) in [5.74, 6) is -0.0233. The first kappa shape index (κ1) is 12.0. The molecule has 0 fully saturated rings. The van der Waals surface area contributed by atoms with Gasteiger partial charge in [-0.05, 0) is 0 Å². The largest absolute Gasteiger partial charge is 0.383 e. The number of hydrogen-bond donors (Lipinski definition) is 1. The van der Waals surface area contributed by atoms with Crippen LogP contribution in [0, 0.1) is 0 Å². The molecule has 1 aliphatic rings. The fourth-order valence-electron chi connectivity index (χ4n) is 1.44. The number of nitrogens with zero attached hydrogens (tertiary/aromatic N) is 1. The van der Waals surface area contributed by atoms with Gasteiger partial charge < -0.3 is 19.7 Å². The van der Waals surface area contributed by atoms with Gasteiger partial charge in [0.25, 0.3) is 0 Å². The van der Waals surface area contributed by atoms with Gasteiger partial charge in [0.15, 0.2) is 0 Å². The number of nitrogens with one attached hydrogen (secondary N) is 1. The Kier molecular flexibility index (Phi) is 5.14. The maximum atomic E-state index is 11.0. The van der Waals surface area contributed by atoms with Crippen LogP contribution in [0.5, 0.6) is 0 Å². The second-order valence-electron chi connectivity index (χ2n) is 3.33. The van der Waals surface area contributed by atoms with E-state index in [2.05, 4.69) is 10.2 Å². The third kappa shape index (κ3) is 3.89. The number of ether oxygens (including phenoxy) is 2. The van der Waals surface area contributed by atoms with Crippen molar-refractivity contribution >= 4 is 5.91 Å². The standard InChI is InChI=1S/C10H18N2O3/c1-14-5-3-12(4-6-15-2)9-7-10(13)11-8-9/h7H,3-6,8H2,1-2H3,(H,11,13). The van der Waals surface area contributed by atoms with Gasteiger partial charge in [0, 0.05) is 39.1 Å². The van der Waals surface area contributed by atoms with Crippen molar-refractivity contribution in [3.63, 3.8) is 0 Å². The highest BCUT2D eigenvalue weighted by atomic mass is 16.5. The molecule has 0 unspecified atom stereocenters. The van der Waals surface area contributed by atoms with Gasteiger partial charge in [-0.25, -0.2) is 0 Å². The average molecular weight is 214 g/mol. The summed E-state index contributed by atoms with van der Waals surface area (Å²) in [6.07, 6.45) is 1.63. The van der Waals surface area contributed by atoms with Crippen molar-refractivity contribution in [1.29, 1.82) is 0 Å². The molecule has 0 aromatic carbocycles. The van der Waals surface area contributed by atoms with Gasteiger partial charge in [-0.15, -0.1) is 0 Å². The smallest absolute Gasteiger partial charge is 0.246 e. The van der Waals surface area contributed by atoms with Crippen LogP contribution in [0.3, 0.4) is 0 Å². The first-order valence-corrected chi connectivity index (χ1v) is 4.99. The van der Waals surface area contributed by atoms with Crippen LogP contribution in [-0.4, -0.2) is 57.9 Å². The summed E-state index contributed by atoms with van der Waals surface area (Å²) in [6, 6.07) is 0. The Morgan fingerprint density at radius 1 is 1.33 bits per heavy atom. The summed E-state index contributed by atoms with van der Waals surface area (Å²) < 4.78 is 10.0. The highest BCUT2D eigenvalue weighted by Crippen LogP contribution is 2.07. The minimum Gasteiger partial charge on any atom is -0.383 e. The molecule has 0 atom stereocenters. The third-order valence-electron chi connectivity index (χ3n) is 2.28. The summed E-state index contributed by atoms with van der Waals surface area (Å²) in [5, 5.41) is 2.75. The molecular weight excluding hydrogens is 196 g/mol. The topological polar surface area (TPSA) is 50.8 Å². The molecule has 0 aliphatic carbocycles. The van der Waals surface area contributed by atoms with Crippen molar-refractivity contribution in [1.82, 2.24) is 10.2 Å². The van der Waals surface area contributed by atoms with Gasteiger partial charge in [0.1, 0.15) is 0 Å². The molecule has 1 N–H and O–H groups in total. The molecule has 5 nitrogen and oxygen atoms in total. The van der Waals surface area contributed by atoms with Gasteiger partial charge in [-0.2, -0.15) is 0 Å². The maximum Gasteiger partial charge on any atom is 0.246 e. The molecule has 0 aromatic rings. The minimum absolute atomic E-state index is 0.0233. The van der Waals surface area contributed by atoms with Crippen LogP contribution in [-0.2, 0) is 14.3 Å². The van der Waals surface area contributed by atoms with Gasteiger partial charge in [0.2, 0.25) is 5.91 Å². The van der Waals surface area contributed by atoms with Crippen molar-refractivity contribution in [3.05, 3.63) is 11.8 Å². The first-order chi connectivity index (χ1) is 7.27. The van der Waals surface area contributed by atoms with Crippen LogP contribution in [0.4, 0.5) is 0 Å². The predicted octanol–water partition coefficient (Wildman–Crippen LogP) is -0.405. The molecule has 5 heteroatoms. The van der Waals surface area contributed by atoms with Crippen molar-refractivity contribution in [2.75, 3.05) is 47.1 Å². The number of carbonyl (C=O) groups is 1. The lowest BCUT2D eigenvalue weighted by Gasteiger charge is -2.24. The fraction of sp³-hybridized carbons (Fsp3) is 0.700. The zero-order chi connectivity index (χ0) is 11.1. The van der Waals surface area contributed by atoms with E-state index in [-0.39, 0.29) is 5.91 Å². The summed E-state index contributed by atoms with van der Waals surface area (Å²) in [7, 11) is 3.34. The van der Waals surface area contributed by atoms with Crippen LogP contribution < -0.4 is 5.32 Å². The van der Waals surface area contributed by atoms with Crippen molar-refractivity contribution in [2.24, 2.45) is 0 Å². The van der Waals surface area contributed by atoms with E-state index in [0.717, 1.165) is 18.8 Å². The number of methoxy groups -OCH3 is 2. The highest BCUT2D eigenvalue weighted by molar-refractivity contribution is 5.90. The van der Waals surface area contributed by atoms with Crippen LogP contribution in [0.1, 0.15) is 0 Å². The van der Waals surface area contributed by atoms with Gasteiger partial charge in [-0.3, -0.25) is 4.79 Å². The number of carbonyl (C=O) groups excluding carboxylic acids is 1. The summed E-state index contributed by atoms with van der Waals surface area (Å²) in [5.41, 5.74) is 1.01. The molecular formula is C10H18N2O3. The maximum absolute atomic E-state index is 11.0. The van der Waals surface area contributed by atoms with Gasteiger partial charge in [-0.1, -0.05) is 0 Å². The molecule has 0 spiro atoms. The Morgan fingerprint density at radius 3 is 2.33 bits per heavy atom. The molecule has 15 heavy (non-hydrogen) atoms. The lowest BCUT2D eigenvalue weighted by Crippen LogP contribution is -2.32. The number of amides is 1. The summed E-state index contributed by atoms with van der Waals surface area (Å²) in [4.78, 5) is 13.1. The molecule has 0 saturated heterocycles. The van der Waals surface area contributed by atoms with Crippen molar-refractivity contribution in [3.8, 4) is 0 Å². The van der Waals surface area contributed by atoms with Crippen molar-refractivity contribution < 1.29 is 14.3 Å². The molecule has 1 aliphatic heterocycles. The van der Waals surface area contributed by atoms with Gasteiger partial charge in [0.05, 0.1) is 19.8 Å². The van der Waals surface area contributed by atoms with E-state index < -0.39 is 0 Å². The van der Waals surface area contributed by atoms with E-state index >= 15 is 0 Å². The molecule has 0 aromatic heterocycles. The Hall–Kier alpha value is -1.07. The van der Waals surface area contributed by atoms with Crippen molar-refractivity contribution in [2.45, 2.75) is 0 Å². The van der Waals surface area contributed by atoms with Crippen LogP contribution in [0.25, 0.3) is 0 Å². The summed E-state index contributed by atoms with van der Waals surface area (Å²) in [6.45, 7) is 3.46. The fourth-order valence-corrected chi connectivity index (χ4v) is 1.44. The SMILES string of the molecule is COCCN(CCOC)C1=CC(=O)NC1. The second kappa shape index (κ2) is 6.42. The zero-order valence-corrected chi connectivity index (χ0v) is 9.28. The number of hydrogen-bond acceptors (Lipinski definition) is 4. The molecule has 86 valence electrons. The van der Waals surface area contributed by atoms with E-state index in [4.69, 9.17) is 9.47 Å². The first-order valence-electron chi connectivity index (χ1n) is 4.99. The molecule has 0 saturated carbocycles. The molecule has 1 heterocycles. The normalized spacial score (nSPS) is 15.1. The predicted molar refractivity (Wildman–Crippen MR) is 56.4 cm³/mol. The Balaban J connectivity index is 2.47. The highest BCUT2D eigenvalue weighted by Gasteiger charge is 2.16. The molecule has 1 rings (SSSR count). The summed E-state index contributed by atoms with van der Waals surface area (Å²) >= 11 is 0. The van der Waals surface area contributed by atoms with Gasteiger partial charge >= 0.3 is 0 Å². The lowest BCUT2D eigenvalue weighted by atomic mass is 10.3. The Bertz CT molecular complexity index is 233. The minimum atomic E-state index is -0.0233. The molecule has 0 radical (unpaired) electrons. The van der Waals surface area contributed by atoms with E-state index in [1.54, 1.807) is 20.3 Å². The number of rotatable bonds is 7. The van der Waals surface area contributed by atoms with E-state index in [9.17, 15) is 4.79 Å². The quantitative estimate of drug-likeness (QED) is 0.626. The third-order valence-corrected chi connectivity index (χ3v) is 2.28. The molecule has 1 amide bonds. The molecule has 0 bridgehead atoms. The van der Waals surface area contributed by atoms with Crippen LogP contribution in [0.2, 0.25) is 0 Å². The Morgan fingerprint density at radius 2 is 1.93 bits per heavy atom. The second-order valence-corrected chi connectivity index (χ2v) is 3.33. The van der Waals surface area contributed by atoms with E-state index in [0.29, 0.717) is 19.8 Å². The van der Waals surface area contributed by atoms with E-state index in [1.165, 1.54) is 0 Å². The average Bonchev–Trinajstić information content (AvgIpc) is 2.65. The Labute approximate surface area is 90.0 Å².